The van der Waals surface area contributed by atoms with Crippen LogP contribution in [0.5, 0.6) is 0 Å². The summed E-state index contributed by atoms with van der Waals surface area (Å²) in [4.78, 5) is 10.4. The van der Waals surface area contributed by atoms with Gasteiger partial charge in [-0.2, -0.15) is 0 Å². The third kappa shape index (κ3) is 2.72. The number of nitrogens with one attached hydrogen (secondary N) is 1. The molecule has 1 heterocycles. The van der Waals surface area contributed by atoms with Crippen LogP contribution in [0.1, 0.15) is 12.5 Å². The highest BCUT2D eigenvalue weighted by atomic mass is 16.6. The van der Waals surface area contributed by atoms with Gasteiger partial charge in [0.15, 0.2) is 0 Å². The van der Waals surface area contributed by atoms with Crippen molar-refractivity contribution < 1.29 is 14.8 Å². The van der Waals surface area contributed by atoms with Crippen LogP contribution in [0.15, 0.2) is 18.2 Å². The molecule has 0 amide bonds. The second kappa shape index (κ2) is 4.68. The average Bonchev–Trinajstić information content (AvgIpc) is 3.02. The molecule has 2 atom stereocenters. The minimum Gasteiger partial charge on any atom is -0.392 e. The van der Waals surface area contributed by atoms with Crippen molar-refractivity contribution in [3.63, 3.8) is 0 Å². The standard InChI is InChI=1S/C11H14N2O4/c1-7-11(17-7)5-12-9-3-2-8(6-14)4-10(9)13(15)16/h2-4,7,11-12,14H,5-6H2,1H3. The van der Waals surface area contributed by atoms with Gasteiger partial charge >= 0.3 is 0 Å². The summed E-state index contributed by atoms with van der Waals surface area (Å²) in [6, 6.07) is 4.64. The zero-order valence-corrected chi connectivity index (χ0v) is 9.42. The Morgan fingerprint density at radius 2 is 2.29 bits per heavy atom. The lowest BCUT2D eigenvalue weighted by molar-refractivity contribution is -0.384. The van der Waals surface area contributed by atoms with Crippen molar-refractivity contribution in [2.75, 3.05) is 11.9 Å². The van der Waals surface area contributed by atoms with Crippen molar-refractivity contribution in [2.45, 2.75) is 25.7 Å². The highest BCUT2D eigenvalue weighted by Crippen LogP contribution is 2.27. The Balaban J connectivity index is 2.11. The molecule has 17 heavy (non-hydrogen) atoms. The molecule has 2 N–H and O–H groups in total. The van der Waals surface area contributed by atoms with Gasteiger partial charge in [0.25, 0.3) is 5.69 Å². The summed E-state index contributed by atoms with van der Waals surface area (Å²) in [7, 11) is 0. The summed E-state index contributed by atoms with van der Waals surface area (Å²) in [5.74, 6) is 0. The number of benzene rings is 1. The third-order valence-corrected chi connectivity index (χ3v) is 2.77. The summed E-state index contributed by atoms with van der Waals surface area (Å²) in [5.41, 5.74) is 0.957. The van der Waals surface area contributed by atoms with Crippen LogP contribution >= 0.6 is 0 Å². The molecule has 6 heteroatoms. The minimum absolute atomic E-state index is 0.0233. The Kier molecular flexibility index (Phi) is 3.26. The van der Waals surface area contributed by atoms with Crippen molar-refractivity contribution in [3.05, 3.63) is 33.9 Å². The number of nitrogens with zero attached hydrogens (tertiary/aromatic N) is 1. The summed E-state index contributed by atoms with van der Waals surface area (Å²) < 4.78 is 5.21. The number of epoxide rings is 1. The molecule has 1 aliphatic heterocycles. The van der Waals surface area contributed by atoms with E-state index in [1.54, 1.807) is 12.1 Å². The topological polar surface area (TPSA) is 87.9 Å². The van der Waals surface area contributed by atoms with E-state index >= 15 is 0 Å². The molecule has 6 nitrogen and oxygen atoms in total. The van der Waals surface area contributed by atoms with E-state index in [9.17, 15) is 10.1 Å². The Hall–Kier alpha value is -1.66. The normalized spacial score (nSPS) is 22.2. The number of hydrogen-bond acceptors (Lipinski definition) is 5. The lowest BCUT2D eigenvalue weighted by Gasteiger charge is -2.06. The first-order valence-corrected chi connectivity index (χ1v) is 5.39. The molecule has 1 aromatic rings. The number of aliphatic hydroxyl groups excluding tert-OH is 1. The van der Waals surface area contributed by atoms with E-state index in [0.29, 0.717) is 17.8 Å². The van der Waals surface area contributed by atoms with E-state index in [1.807, 2.05) is 6.92 Å². The molecule has 92 valence electrons. The highest BCUT2D eigenvalue weighted by Gasteiger charge is 2.34. The molecule has 0 radical (unpaired) electrons. The van der Waals surface area contributed by atoms with Crippen LogP contribution in [0, 0.1) is 10.1 Å². The molecular formula is C11H14N2O4. The lowest BCUT2D eigenvalue weighted by atomic mass is 10.2. The lowest BCUT2D eigenvalue weighted by Crippen LogP contribution is -2.11. The Labute approximate surface area is 98.4 Å². The maximum absolute atomic E-state index is 10.9. The molecule has 1 aromatic carbocycles. The van der Waals surface area contributed by atoms with Crippen LogP contribution in [0.3, 0.4) is 0 Å². The summed E-state index contributed by atoms with van der Waals surface area (Å²) >= 11 is 0. The third-order valence-electron chi connectivity index (χ3n) is 2.77. The molecule has 1 fully saturated rings. The number of hydrogen-bond donors (Lipinski definition) is 2. The van der Waals surface area contributed by atoms with Gasteiger partial charge in [-0.15, -0.1) is 0 Å². The maximum Gasteiger partial charge on any atom is 0.292 e. The largest absolute Gasteiger partial charge is 0.392 e. The number of rotatable bonds is 5. The Morgan fingerprint density at radius 3 is 2.82 bits per heavy atom. The van der Waals surface area contributed by atoms with E-state index in [2.05, 4.69) is 5.32 Å². The molecule has 1 aliphatic rings. The Bertz CT molecular complexity index is 435. The van der Waals surface area contributed by atoms with Crippen LogP contribution in [0.4, 0.5) is 11.4 Å². The van der Waals surface area contributed by atoms with E-state index in [-0.39, 0.29) is 24.5 Å². The number of aliphatic hydroxyl groups is 1. The fraction of sp³-hybridized carbons (Fsp3) is 0.455. The summed E-state index contributed by atoms with van der Waals surface area (Å²) in [6.07, 6.45) is 0.352. The number of nitro benzene ring substituents is 1. The van der Waals surface area contributed by atoms with Crippen LogP contribution in [0.25, 0.3) is 0 Å². The van der Waals surface area contributed by atoms with Crippen LogP contribution in [-0.2, 0) is 11.3 Å². The number of ether oxygens (including phenoxy) is 1. The van der Waals surface area contributed by atoms with Gasteiger partial charge in [0.2, 0.25) is 0 Å². The first-order valence-electron chi connectivity index (χ1n) is 5.39. The van der Waals surface area contributed by atoms with Crippen LogP contribution < -0.4 is 5.32 Å². The molecule has 0 saturated carbocycles. The van der Waals surface area contributed by atoms with Gasteiger partial charge in [-0.05, 0) is 18.6 Å². The van der Waals surface area contributed by atoms with Gasteiger partial charge < -0.3 is 15.2 Å². The summed E-state index contributed by atoms with van der Waals surface area (Å²) in [5, 5.41) is 22.8. The molecule has 0 aromatic heterocycles. The van der Waals surface area contributed by atoms with Crippen molar-refractivity contribution in [3.8, 4) is 0 Å². The van der Waals surface area contributed by atoms with E-state index in [1.165, 1.54) is 6.07 Å². The highest BCUT2D eigenvalue weighted by molar-refractivity contribution is 5.62. The number of nitro groups is 1. The smallest absolute Gasteiger partial charge is 0.292 e. The quantitative estimate of drug-likeness (QED) is 0.458. The van der Waals surface area contributed by atoms with Gasteiger partial charge in [-0.3, -0.25) is 10.1 Å². The van der Waals surface area contributed by atoms with Gasteiger partial charge in [0, 0.05) is 12.6 Å². The van der Waals surface area contributed by atoms with Gasteiger partial charge in [-0.25, -0.2) is 0 Å². The Morgan fingerprint density at radius 1 is 1.59 bits per heavy atom. The van der Waals surface area contributed by atoms with Gasteiger partial charge in [-0.1, -0.05) is 6.07 Å². The maximum atomic E-state index is 10.9. The zero-order valence-electron chi connectivity index (χ0n) is 9.42. The van der Waals surface area contributed by atoms with Gasteiger partial charge in [0.05, 0.1) is 17.6 Å². The molecule has 2 rings (SSSR count). The average molecular weight is 238 g/mol. The van der Waals surface area contributed by atoms with Crippen molar-refractivity contribution in [2.24, 2.45) is 0 Å². The van der Waals surface area contributed by atoms with E-state index in [4.69, 9.17) is 9.84 Å². The zero-order chi connectivity index (χ0) is 12.4. The fourth-order valence-corrected chi connectivity index (χ4v) is 1.63. The van der Waals surface area contributed by atoms with E-state index < -0.39 is 4.92 Å². The second-order valence-corrected chi connectivity index (χ2v) is 4.03. The molecular weight excluding hydrogens is 224 g/mol. The summed E-state index contributed by atoms with van der Waals surface area (Å²) in [6.45, 7) is 2.31. The second-order valence-electron chi connectivity index (χ2n) is 4.03. The molecule has 0 bridgehead atoms. The molecule has 1 saturated heterocycles. The SMILES string of the molecule is CC1OC1CNc1ccc(CO)cc1[N+](=O)[O-]. The van der Waals surface area contributed by atoms with Crippen LogP contribution in [-0.4, -0.2) is 28.8 Å². The monoisotopic (exact) mass is 238 g/mol. The predicted molar refractivity (Wildman–Crippen MR) is 61.8 cm³/mol. The van der Waals surface area contributed by atoms with Gasteiger partial charge in [0.1, 0.15) is 11.8 Å². The molecule has 0 aliphatic carbocycles. The fourth-order valence-electron chi connectivity index (χ4n) is 1.63. The van der Waals surface area contributed by atoms with Crippen molar-refractivity contribution >= 4 is 11.4 Å². The molecule has 2 unspecified atom stereocenters. The minimum atomic E-state index is -0.460. The van der Waals surface area contributed by atoms with Crippen LogP contribution in [0.2, 0.25) is 0 Å². The first kappa shape index (κ1) is 11.8. The van der Waals surface area contributed by atoms with Crippen molar-refractivity contribution in [1.82, 2.24) is 0 Å². The number of anilines is 1. The van der Waals surface area contributed by atoms with E-state index in [0.717, 1.165) is 0 Å². The first-order chi connectivity index (χ1) is 8.11. The van der Waals surface area contributed by atoms with Crippen molar-refractivity contribution in [1.29, 1.82) is 0 Å². The molecule has 0 spiro atoms. The predicted octanol–water partition coefficient (Wildman–Crippen LogP) is 1.29.